The van der Waals surface area contributed by atoms with Gasteiger partial charge in [-0.3, -0.25) is 0 Å². The van der Waals surface area contributed by atoms with Gasteiger partial charge in [-0.2, -0.15) is 22.0 Å². The molecule has 0 saturated carbocycles. The van der Waals surface area contributed by atoms with E-state index in [1.807, 2.05) is 0 Å². The number of alkyl halides is 8. The lowest BCUT2D eigenvalue weighted by Gasteiger charge is -2.41. The molecule has 1 aliphatic heterocycles. The van der Waals surface area contributed by atoms with Gasteiger partial charge in [0.1, 0.15) is 11.5 Å². The molecule has 0 aliphatic carbocycles. The minimum Gasteiger partial charge on any atom is -0.435 e. The van der Waals surface area contributed by atoms with E-state index in [0.29, 0.717) is 34.4 Å². The fraction of sp³-hybridized carbons (Fsp3) is 0.308. The van der Waals surface area contributed by atoms with Gasteiger partial charge in [0, 0.05) is 5.69 Å². The molecule has 0 saturated heterocycles. The Kier molecular flexibility index (Phi) is 7.73. The Morgan fingerprint density at radius 3 is 2.26 bits per heavy atom. The monoisotopic (exact) mass is 547 g/mol. The van der Waals surface area contributed by atoms with Crippen LogP contribution in [0, 0.1) is 0 Å². The van der Waals surface area contributed by atoms with Crippen molar-refractivity contribution in [3.05, 3.63) is 77.9 Å². The van der Waals surface area contributed by atoms with Gasteiger partial charge in [-0.05, 0) is 65.4 Å². The normalized spacial score (nSPS) is 16.8. The van der Waals surface area contributed by atoms with E-state index in [4.69, 9.17) is 0 Å². The van der Waals surface area contributed by atoms with E-state index in [-0.39, 0.29) is 12.2 Å². The van der Waals surface area contributed by atoms with Crippen molar-refractivity contribution in [2.24, 2.45) is 0 Å². The van der Waals surface area contributed by atoms with Crippen molar-refractivity contribution >= 4 is 5.69 Å². The van der Waals surface area contributed by atoms with Gasteiger partial charge in [-0.25, -0.2) is 0 Å². The van der Waals surface area contributed by atoms with Crippen molar-refractivity contribution in [3.8, 4) is 22.6 Å². The molecule has 12 heteroatoms. The second kappa shape index (κ2) is 10.7. The van der Waals surface area contributed by atoms with Gasteiger partial charge in [0.2, 0.25) is 0 Å². The maximum Gasteiger partial charge on any atom is 0.573 e. The zero-order valence-corrected chi connectivity index (χ0v) is 19.4. The molecule has 4 rings (SSSR count). The molecule has 0 radical (unpaired) electrons. The number of fused-ring (bicyclic) bond motifs is 1. The quantitative estimate of drug-likeness (QED) is 0.316. The van der Waals surface area contributed by atoms with Crippen LogP contribution in [0.25, 0.3) is 11.1 Å². The summed E-state index contributed by atoms with van der Waals surface area (Å²) in [7, 11) is 0. The van der Waals surface area contributed by atoms with E-state index in [9.17, 15) is 40.2 Å². The van der Waals surface area contributed by atoms with Crippen LogP contribution in [-0.4, -0.2) is 36.9 Å². The minimum absolute atomic E-state index is 0.171. The number of β-amino-alcohol motifs (C(OH)–C–C–N with tert-alkyl or cyclic N) is 1. The Morgan fingerprint density at radius 2 is 1.58 bits per heavy atom. The lowest BCUT2D eigenvalue weighted by atomic mass is 9.86. The average molecular weight is 547 g/mol. The Bertz CT molecular complexity index is 1260. The molecule has 1 N–H and O–H groups in total. The summed E-state index contributed by atoms with van der Waals surface area (Å²) >= 11 is 0. The van der Waals surface area contributed by atoms with Crippen LogP contribution in [0.5, 0.6) is 11.5 Å². The van der Waals surface area contributed by atoms with E-state index >= 15 is 0 Å². The Hall–Kier alpha value is -3.54. The third-order valence-electron chi connectivity index (χ3n) is 6.10. The molecule has 2 atom stereocenters. The predicted octanol–water partition coefficient (Wildman–Crippen LogP) is 7.27. The van der Waals surface area contributed by atoms with Crippen molar-refractivity contribution in [1.29, 1.82) is 0 Å². The number of benzene rings is 3. The van der Waals surface area contributed by atoms with E-state index < -0.39 is 43.6 Å². The van der Waals surface area contributed by atoms with Crippen molar-refractivity contribution in [2.45, 2.75) is 44.1 Å². The lowest BCUT2D eigenvalue weighted by Crippen LogP contribution is -2.44. The summed E-state index contributed by atoms with van der Waals surface area (Å²) in [5, 5.41) is 9.92. The highest BCUT2D eigenvalue weighted by atomic mass is 19.4. The van der Waals surface area contributed by atoms with Crippen LogP contribution in [0.2, 0.25) is 0 Å². The van der Waals surface area contributed by atoms with Crippen LogP contribution in [0.3, 0.4) is 0 Å². The molecule has 1 heterocycles. The summed E-state index contributed by atoms with van der Waals surface area (Å²) in [5.74, 6) is -0.628. The molecule has 1 aliphatic rings. The number of aliphatic hydroxyl groups is 1. The summed E-state index contributed by atoms with van der Waals surface area (Å²) < 4.78 is 112. The standard InChI is InChI=1S/C26H21F8NO3/c27-24(28)37-17-6-2-5-16(13-17)21-11-10-20-19(15-4-1-7-18(12-15)38-26(32,33)34)8-3-9-22(20)35(21)14-23(36)25(29,30)31/h1-9,12-13,21,23-24,36H,10-11,14H2/t21-,23+/m0/s1. The van der Waals surface area contributed by atoms with Crippen molar-refractivity contribution in [2.75, 3.05) is 11.4 Å². The van der Waals surface area contributed by atoms with Crippen LogP contribution in [0.1, 0.15) is 23.6 Å². The molecule has 0 unspecified atom stereocenters. The van der Waals surface area contributed by atoms with Crippen molar-refractivity contribution < 1.29 is 49.7 Å². The van der Waals surface area contributed by atoms with Gasteiger partial charge in [0.05, 0.1) is 12.6 Å². The predicted molar refractivity (Wildman–Crippen MR) is 122 cm³/mol. The van der Waals surface area contributed by atoms with Crippen LogP contribution in [0.4, 0.5) is 40.8 Å². The van der Waals surface area contributed by atoms with Crippen LogP contribution >= 0.6 is 0 Å². The maximum absolute atomic E-state index is 13.4. The summed E-state index contributed by atoms with van der Waals surface area (Å²) in [6.45, 7) is -3.96. The first kappa shape index (κ1) is 27.5. The third kappa shape index (κ3) is 6.47. The molecule has 0 aromatic heterocycles. The second-order valence-corrected chi connectivity index (χ2v) is 8.59. The summed E-state index contributed by atoms with van der Waals surface area (Å²) in [4.78, 5) is 1.33. The second-order valence-electron chi connectivity index (χ2n) is 8.59. The highest BCUT2D eigenvalue weighted by molar-refractivity contribution is 5.76. The molecule has 3 aromatic carbocycles. The number of ether oxygens (including phenoxy) is 2. The summed E-state index contributed by atoms with van der Waals surface area (Å²) in [5.41, 5.74) is 2.11. The number of halogens is 8. The topological polar surface area (TPSA) is 41.9 Å². The summed E-state index contributed by atoms with van der Waals surface area (Å²) in [6, 6.07) is 14.8. The molecule has 204 valence electrons. The Balaban J connectivity index is 1.77. The molecular weight excluding hydrogens is 526 g/mol. The van der Waals surface area contributed by atoms with Crippen LogP contribution < -0.4 is 14.4 Å². The molecule has 0 spiro atoms. The highest BCUT2D eigenvalue weighted by Gasteiger charge is 2.42. The SMILES string of the molecule is O[C@H](CN1c2cccc(-c3cccc(OC(F)(F)F)c3)c2CC[C@H]1c1cccc(OC(F)F)c1)C(F)(F)F. The Labute approximate surface area is 212 Å². The van der Waals surface area contributed by atoms with Gasteiger partial charge in [0.25, 0.3) is 0 Å². The van der Waals surface area contributed by atoms with Gasteiger partial charge < -0.3 is 19.5 Å². The summed E-state index contributed by atoms with van der Waals surface area (Å²) in [6.07, 6.45) is -12.0. The molecule has 0 amide bonds. The molecule has 3 aromatic rings. The number of aliphatic hydroxyl groups excluding tert-OH is 1. The smallest absolute Gasteiger partial charge is 0.435 e. The van der Waals surface area contributed by atoms with E-state index in [1.54, 1.807) is 24.3 Å². The van der Waals surface area contributed by atoms with Gasteiger partial charge in [0.15, 0.2) is 6.10 Å². The van der Waals surface area contributed by atoms with Gasteiger partial charge in [-0.1, -0.05) is 36.4 Å². The van der Waals surface area contributed by atoms with Crippen LogP contribution in [-0.2, 0) is 6.42 Å². The first-order chi connectivity index (χ1) is 17.8. The van der Waals surface area contributed by atoms with Gasteiger partial charge >= 0.3 is 19.2 Å². The molecule has 0 bridgehead atoms. The lowest BCUT2D eigenvalue weighted by molar-refractivity contribution is -0.274. The van der Waals surface area contributed by atoms with Crippen molar-refractivity contribution in [1.82, 2.24) is 0 Å². The largest absolute Gasteiger partial charge is 0.573 e. The molecule has 4 nitrogen and oxygen atoms in total. The number of rotatable bonds is 7. The minimum atomic E-state index is -4.93. The van der Waals surface area contributed by atoms with E-state index in [0.717, 1.165) is 6.07 Å². The first-order valence-corrected chi connectivity index (χ1v) is 11.4. The van der Waals surface area contributed by atoms with Gasteiger partial charge in [-0.15, -0.1) is 13.2 Å². The zero-order chi connectivity index (χ0) is 27.7. The van der Waals surface area contributed by atoms with E-state index in [1.165, 1.54) is 41.3 Å². The highest BCUT2D eigenvalue weighted by Crippen LogP contribution is 2.44. The fourth-order valence-electron chi connectivity index (χ4n) is 4.60. The fourth-order valence-corrected chi connectivity index (χ4v) is 4.60. The zero-order valence-electron chi connectivity index (χ0n) is 19.4. The maximum atomic E-state index is 13.4. The first-order valence-electron chi connectivity index (χ1n) is 11.4. The number of hydrogen-bond acceptors (Lipinski definition) is 4. The van der Waals surface area contributed by atoms with E-state index in [2.05, 4.69) is 9.47 Å². The number of anilines is 1. The number of hydrogen-bond donors (Lipinski definition) is 1. The van der Waals surface area contributed by atoms with Crippen LogP contribution in [0.15, 0.2) is 66.7 Å². The average Bonchev–Trinajstić information content (AvgIpc) is 2.82. The molecule has 38 heavy (non-hydrogen) atoms. The Morgan fingerprint density at radius 1 is 0.895 bits per heavy atom. The molecular formula is C26H21F8NO3. The number of nitrogens with zero attached hydrogens (tertiary/aromatic N) is 1. The third-order valence-corrected chi connectivity index (χ3v) is 6.10. The van der Waals surface area contributed by atoms with Crippen molar-refractivity contribution in [3.63, 3.8) is 0 Å². The molecule has 0 fully saturated rings.